The van der Waals surface area contributed by atoms with E-state index in [9.17, 15) is 22.8 Å². The first kappa shape index (κ1) is 20.5. The van der Waals surface area contributed by atoms with E-state index in [1.165, 1.54) is 29.2 Å². The van der Waals surface area contributed by atoms with Gasteiger partial charge in [0.05, 0.1) is 17.4 Å². The standard InChI is InChI=1S/C21H18F3N5O2/c1-13-5-7-15(8-6-13)29-18(21(22,23)24)17(12-26-29)19(30)27-14-3-2-4-16(11-14)28-10-9-25-20(28)31/h2-8,11-12H,9-10H2,1H3,(H,25,31)(H,27,30). The van der Waals surface area contributed by atoms with E-state index in [1.807, 2.05) is 6.92 Å². The van der Waals surface area contributed by atoms with Crippen molar-refractivity contribution in [2.45, 2.75) is 13.1 Å². The van der Waals surface area contributed by atoms with Gasteiger partial charge in [0.25, 0.3) is 5.91 Å². The summed E-state index contributed by atoms with van der Waals surface area (Å²) in [6.45, 7) is 2.76. The summed E-state index contributed by atoms with van der Waals surface area (Å²) in [5, 5.41) is 8.95. The fourth-order valence-electron chi connectivity index (χ4n) is 3.34. The topological polar surface area (TPSA) is 79.3 Å². The molecule has 1 fully saturated rings. The summed E-state index contributed by atoms with van der Waals surface area (Å²) in [4.78, 5) is 26.0. The lowest BCUT2D eigenvalue weighted by Crippen LogP contribution is -2.27. The molecule has 4 rings (SSSR count). The number of urea groups is 1. The van der Waals surface area contributed by atoms with Gasteiger partial charge >= 0.3 is 12.2 Å². The predicted octanol–water partition coefficient (Wildman–Crippen LogP) is 3.98. The lowest BCUT2D eigenvalue weighted by molar-refractivity contribution is -0.143. The molecule has 0 unspecified atom stereocenters. The van der Waals surface area contributed by atoms with Crippen molar-refractivity contribution in [1.29, 1.82) is 0 Å². The molecule has 3 amide bonds. The summed E-state index contributed by atoms with van der Waals surface area (Å²) >= 11 is 0. The molecular weight excluding hydrogens is 411 g/mol. The zero-order chi connectivity index (χ0) is 22.2. The van der Waals surface area contributed by atoms with Crippen molar-refractivity contribution >= 4 is 23.3 Å². The van der Waals surface area contributed by atoms with E-state index in [4.69, 9.17) is 0 Å². The third kappa shape index (κ3) is 4.09. The number of anilines is 2. The van der Waals surface area contributed by atoms with Crippen LogP contribution >= 0.6 is 0 Å². The molecule has 0 spiro atoms. The molecule has 2 heterocycles. The van der Waals surface area contributed by atoms with Gasteiger partial charge in [-0.05, 0) is 37.3 Å². The van der Waals surface area contributed by atoms with Crippen LogP contribution in [-0.2, 0) is 6.18 Å². The van der Waals surface area contributed by atoms with E-state index in [1.54, 1.807) is 24.3 Å². The highest BCUT2D eigenvalue weighted by Gasteiger charge is 2.40. The van der Waals surface area contributed by atoms with Gasteiger partial charge < -0.3 is 10.6 Å². The van der Waals surface area contributed by atoms with E-state index in [0.717, 1.165) is 11.8 Å². The number of nitrogens with zero attached hydrogens (tertiary/aromatic N) is 3. The average Bonchev–Trinajstić information content (AvgIpc) is 3.35. The van der Waals surface area contributed by atoms with E-state index in [0.29, 0.717) is 23.5 Å². The second-order valence-corrected chi connectivity index (χ2v) is 7.04. The maximum Gasteiger partial charge on any atom is 0.434 e. The number of halogens is 3. The molecule has 0 aliphatic carbocycles. The third-order valence-electron chi connectivity index (χ3n) is 4.83. The first-order valence-electron chi connectivity index (χ1n) is 9.43. The summed E-state index contributed by atoms with van der Waals surface area (Å²) in [6.07, 6.45) is -3.90. The van der Waals surface area contributed by atoms with Gasteiger partial charge in [-0.1, -0.05) is 23.8 Å². The van der Waals surface area contributed by atoms with Crippen LogP contribution in [0.4, 0.5) is 29.3 Å². The molecule has 1 aromatic heterocycles. The summed E-state index contributed by atoms with van der Waals surface area (Å²) in [5.41, 5.74) is 0.104. The Bertz CT molecular complexity index is 1140. The fraction of sp³-hybridized carbons (Fsp3) is 0.190. The first-order chi connectivity index (χ1) is 14.7. The Balaban J connectivity index is 1.65. The summed E-state index contributed by atoms with van der Waals surface area (Å²) < 4.78 is 42.2. The zero-order valence-corrected chi connectivity index (χ0v) is 16.4. The Labute approximate surface area is 175 Å². The molecule has 0 radical (unpaired) electrons. The number of aryl methyl sites for hydroxylation is 1. The number of benzene rings is 2. The Morgan fingerprint density at radius 2 is 1.87 bits per heavy atom. The second-order valence-electron chi connectivity index (χ2n) is 7.04. The van der Waals surface area contributed by atoms with Crippen LogP contribution in [0.3, 0.4) is 0 Å². The highest BCUT2D eigenvalue weighted by atomic mass is 19.4. The number of carbonyl (C=O) groups excluding carboxylic acids is 2. The number of alkyl halides is 3. The van der Waals surface area contributed by atoms with Crippen molar-refractivity contribution < 1.29 is 22.8 Å². The van der Waals surface area contributed by atoms with Crippen molar-refractivity contribution in [3.8, 4) is 5.69 Å². The number of nitrogens with one attached hydrogen (secondary N) is 2. The first-order valence-corrected chi connectivity index (χ1v) is 9.43. The van der Waals surface area contributed by atoms with Crippen molar-refractivity contribution in [3.63, 3.8) is 0 Å². The Kier molecular flexibility index (Phi) is 5.14. The monoisotopic (exact) mass is 429 g/mol. The normalized spacial score (nSPS) is 13.9. The highest BCUT2D eigenvalue weighted by Crippen LogP contribution is 2.34. The van der Waals surface area contributed by atoms with Crippen LogP contribution in [0.15, 0.2) is 54.7 Å². The predicted molar refractivity (Wildman–Crippen MR) is 108 cm³/mol. The van der Waals surface area contributed by atoms with Gasteiger partial charge in [-0.3, -0.25) is 9.69 Å². The summed E-state index contributed by atoms with van der Waals surface area (Å²) in [7, 11) is 0. The average molecular weight is 429 g/mol. The number of rotatable bonds is 4. The van der Waals surface area contributed by atoms with Crippen LogP contribution in [0.1, 0.15) is 21.6 Å². The summed E-state index contributed by atoms with van der Waals surface area (Å²) in [5.74, 6) is -0.950. The molecule has 0 bridgehead atoms. The minimum Gasteiger partial charge on any atom is -0.336 e. The van der Waals surface area contributed by atoms with Gasteiger partial charge in [0.2, 0.25) is 0 Å². The van der Waals surface area contributed by atoms with Crippen molar-refractivity contribution in [1.82, 2.24) is 15.1 Å². The van der Waals surface area contributed by atoms with Crippen LogP contribution in [0.2, 0.25) is 0 Å². The molecule has 3 aromatic rings. The van der Waals surface area contributed by atoms with Crippen LogP contribution in [-0.4, -0.2) is 34.8 Å². The maximum atomic E-state index is 13.8. The van der Waals surface area contributed by atoms with Gasteiger partial charge in [0.15, 0.2) is 5.69 Å². The fourth-order valence-corrected chi connectivity index (χ4v) is 3.34. The molecule has 1 aliphatic rings. The molecule has 1 aliphatic heterocycles. The zero-order valence-electron chi connectivity index (χ0n) is 16.4. The second kappa shape index (κ2) is 7.78. The molecule has 0 atom stereocenters. The molecule has 2 aromatic carbocycles. The van der Waals surface area contributed by atoms with Crippen molar-refractivity contribution in [2.75, 3.05) is 23.3 Å². The largest absolute Gasteiger partial charge is 0.434 e. The van der Waals surface area contributed by atoms with Crippen LogP contribution in [0.5, 0.6) is 0 Å². The smallest absolute Gasteiger partial charge is 0.336 e. The third-order valence-corrected chi connectivity index (χ3v) is 4.83. The van der Waals surface area contributed by atoms with Gasteiger partial charge in [-0.2, -0.15) is 18.3 Å². The Morgan fingerprint density at radius 3 is 2.52 bits per heavy atom. The van der Waals surface area contributed by atoms with Crippen LogP contribution < -0.4 is 15.5 Å². The van der Waals surface area contributed by atoms with E-state index in [-0.39, 0.29) is 17.4 Å². The SMILES string of the molecule is Cc1ccc(-n2ncc(C(=O)Nc3cccc(N4CCNC4=O)c3)c2C(F)(F)F)cc1. The van der Waals surface area contributed by atoms with Gasteiger partial charge in [0.1, 0.15) is 0 Å². The number of hydrogen-bond acceptors (Lipinski definition) is 3. The van der Waals surface area contributed by atoms with Crippen molar-refractivity contribution in [3.05, 3.63) is 71.5 Å². The van der Waals surface area contributed by atoms with Crippen molar-refractivity contribution in [2.24, 2.45) is 0 Å². The maximum absolute atomic E-state index is 13.8. The van der Waals surface area contributed by atoms with Crippen LogP contribution in [0.25, 0.3) is 5.69 Å². The van der Waals surface area contributed by atoms with E-state index >= 15 is 0 Å². The molecule has 7 nitrogen and oxygen atoms in total. The lowest BCUT2D eigenvalue weighted by Gasteiger charge is -2.16. The Hall–Kier alpha value is -3.82. The summed E-state index contributed by atoms with van der Waals surface area (Å²) in [6, 6.07) is 12.4. The molecule has 10 heteroatoms. The number of carbonyl (C=O) groups is 2. The van der Waals surface area contributed by atoms with Gasteiger partial charge in [-0.25, -0.2) is 9.48 Å². The highest BCUT2D eigenvalue weighted by molar-refractivity contribution is 6.05. The van der Waals surface area contributed by atoms with Crippen LogP contribution in [0, 0.1) is 6.92 Å². The molecule has 0 saturated carbocycles. The minimum atomic E-state index is -4.80. The Morgan fingerprint density at radius 1 is 1.13 bits per heavy atom. The number of amides is 3. The lowest BCUT2D eigenvalue weighted by atomic mass is 10.2. The van der Waals surface area contributed by atoms with Gasteiger partial charge in [0, 0.05) is 24.5 Å². The quantitative estimate of drug-likeness (QED) is 0.659. The van der Waals surface area contributed by atoms with Gasteiger partial charge in [-0.15, -0.1) is 0 Å². The number of hydrogen-bond donors (Lipinski definition) is 2. The molecule has 1 saturated heterocycles. The number of aromatic nitrogens is 2. The van der Waals surface area contributed by atoms with E-state index in [2.05, 4.69) is 15.7 Å². The van der Waals surface area contributed by atoms with E-state index < -0.39 is 23.3 Å². The molecule has 31 heavy (non-hydrogen) atoms. The molecule has 160 valence electrons. The minimum absolute atomic E-state index is 0.194. The molecular formula is C21H18F3N5O2. The molecule has 2 N–H and O–H groups in total.